The molecule has 3 unspecified atom stereocenters. The van der Waals surface area contributed by atoms with Crippen LogP contribution in [0.1, 0.15) is 57.8 Å². The third kappa shape index (κ3) is 6.88. The molecule has 9 rings (SSSR count). The molecule has 6 aromatic rings. The van der Waals surface area contributed by atoms with E-state index in [0.29, 0.717) is 24.6 Å². The number of imidazole rings is 2. The van der Waals surface area contributed by atoms with Crippen molar-refractivity contribution in [1.29, 1.82) is 0 Å². The van der Waals surface area contributed by atoms with E-state index in [4.69, 9.17) is 19.4 Å². The first-order valence-corrected chi connectivity index (χ1v) is 21.4. The first-order valence-electron chi connectivity index (χ1n) is 21.4. The van der Waals surface area contributed by atoms with Crippen LogP contribution >= 0.6 is 0 Å². The number of fused-ring (bicyclic) bond motifs is 7. The van der Waals surface area contributed by atoms with E-state index in [9.17, 15) is 19.2 Å². The summed E-state index contributed by atoms with van der Waals surface area (Å²) in [5, 5.41) is 9.49. The normalized spacial score (nSPS) is 21.7. The SMILES string of the molecule is C=CC1C2C(=C)C(c3nc4ccc5cc(-c6ccc7c(ccc8nc([C@@H]9C(=C)CCN9C(=O)[C@@H](NC(=O)OC)C(C)C)[nH]c87)c6)ccc5c4[nH]3)N(C(=O)[C@@H](NC(=O)OC)C(C)C)[C@@H]12. The number of piperidine rings is 1. The number of ether oxygens (including phenoxy) is 2. The highest BCUT2D eigenvalue weighted by molar-refractivity contribution is 6.08. The number of rotatable bonds is 10. The van der Waals surface area contributed by atoms with Crippen LogP contribution in [-0.4, -0.2) is 92.6 Å². The van der Waals surface area contributed by atoms with Gasteiger partial charge in [-0.2, -0.15) is 0 Å². The number of carbonyl (C=O) groups excluding carboxylic acids is 4. The molecule has 2 aromatic heterocycles. The molecule has 2 saturated heterocycles. The van der Waals surface area contributed by atoms with E-state index in [-0.39, 0.29) is 41.5 Å². The van der Waals surface area contributed by atoms with Crippen LogP contribution in [0.3, 0.4) is 0 Å². The lowest BCUT2D eigenvalue weighted by molar-refractivity contribution is -0.136. The molecule has 1 saturated carbocycles. The summed E-state index contributed by atoms with van der Waals surface area (Å²) in [5.74, 6) is 0.661. The summed E-state index contributed by atoms with van der Waals surface area (Å²) in [6.45, 7) is 20.8. The fraction of sp³-hybridized carbons (Fsp3) is 0.347. The fourth-order valence-corrected chi connectivity index (χ4v) is 9.89. The maximum atomic E-state index is 14.3. The second-order valence-electron chi connectivity index (χ2n) is 17.6. The summed E-state index contributed by atoms with van der Waals surface area (Å²) in [4.78, 5) is 73.2. The number of carbonyl (C=O) groups is 4. The van der Waals surface area contributed by atoms with Crippen molar-refractivity contribution in [1.82, 2.24) is 40.4 Å². The van der Waals surface area contributed by atoms with E-state index < -0.39 is 36.4 Å². The number of benzene rings is 4. The summed E-state index contributed by atoms with van der Waals surface area (Å²) >= 11 is 0. The average Bonchev–Trinajstić information content (AvgIpc) is 3.67. The summed E-state index contributed by atoms with van der Waals surface area (Å²) in [7, 11) is 2.57. The minimum Gasteiger partial charge on any atom is -0.453 e. The molecule has 4 N–H and O–H groups in total. The van der Waals surface area contributed by atoms with Gasteiger partial charge in [-0.05, 0) is 75.6 Å². The largest absolute Gasteiger partial charge is 0.453 e. The van der Waals surface area contributed by atoms with E-state index in [1.165, 1.54) is 14.2 Å². The third-order valence-corrected chi connectivity index (χ3v) is 13.2. The quantitative estimate of drug-likeness (QED) is 0.0998. The van der Waals surface area contributed by atoms with Gasteiger partial charge in [-0.15, -0.1) is 6.58 Å². The number of alkyl carbamates (subject to hydrolysis) is 2. The average molecular weight is 849 g/mol. The van der Waals surface area contributed by atoms with Crippen LogP contribution in [0, 0.1) is 23.7 Å². The first-order chi connectivity index (χ1) is 30.2. The second kappa shape index (κ2) is 15.7. The van der Waals surface area contributed by atoms with Gasteiger partial charge < -0.3 is 39.9 Å². The van der Waals surface area contributed by atoms with Gasteiger partial charge in [-0.25, -0.2) is 19.6 Å². The topological polar surface area (TPSA) is 175 Å². The Balaban J connectivity index is 1.01. The van der Waals surface area contributed by atoms with E-state index in [0.717, 1.165) is 65.9 Å². The number of aromatic amines is 2. The van der Waals surface area contributed by atoms with Crippen LogP contribution in [0.2, 0.25) is 0 Å². The highest BCUT2D eigenvalue weighted by atomic mass is 16.5. The van der Waals surface area contributed by atoms with Crippen LogP contribution in [0.15, 0.2) is 97.6 Å². The molecule has 3 aliphatic rings. The number of likely N-dealkylation sites (tertiary alicyclic amines) is 2. The van der Waals surface area contributed by atoms with Gasteiger partial charge >= 0.3 is 12.2 Å². The van der Waals surface area contributed by atoms with E-state index in [1.54, 1.807) is 4.90 Å². The smallest absolute Gasteiger partial charge is 0.407 e. The van der Waals surface area contributed by atoms with Gasteiger partial charge in [0.2, 0.25) is 11.8 Å². The number of H-pyrrole nitrogens is 2. The van der Waals surface area contributed by atoms with Crippen LogP contribution in [0.4, 0.5) is 9.59 Å². The van der Waals surface area contributed by atoms with Crippen molar-refractivity contribution in [2.45, 2.75) is 64.3 Å². The van der Waals surface area contributed by atoms with Gasteiger partial charge in [0.15, 0.2) is 0 Å². The first kappa shape index (κ1) is 41.4. The third-order valence-electron chi connectivity index (χ3n) is 13.2. The molecule has 0 radical (unpaired) electrons. The number of aromatic nitrogens is 4. The van der Waals surface area contributed by atoms with Crippen molar-refractivity contribution in [3.63, 3.8) is 0 Å². The molecule has 1 aliphatic carbocycles. The lowest BCUT2D eigenvalue weighted by Gasteiger charge is -2.33. The second-order valence-corrected chi connectivity index (χ2v) is 17.6. The maximum absolute atomic E-state index is 14.3. The Kier molecular flexibility index (Phi) is 10.3. The summed E-state index contributed by atoms with van der Waals surface area (Å²) < 4.78 is 9.66. The fourth-order valence-electron chi connectivity index (χ4n) is 9.89. The number of amides is 4. The van der Waals surface area contributed by atoms with Crippen molar-refractivity contribution in [3.8, 4) is 11.1 Å². The lowest BCUT2D eigenvalue weighted by atomic mass is 9.98. The predicted molar refractivity (Wildman–Crippen MR) is 242 cm³/mol. The number of methoxy groups -OCH3 is 2. The van der Waals surface area contributed by atoms with Gasteiger partial charge in [-0.1, -0.05) is 83.3 Å². The Labute approximate surface area is 364 Å². The standard InChI is InChI=1S/C49H52N8O6/c1-10-31-36-26(7)42(57(43(31)36)47(59)38(24(4)5)55-49(61)63-9)45-51-35-18-14-30-22-28(12-16-33(30)40(35)53-45)27-11-15-32-29(21-27)13-17-34-39(32)52-44(50-34)41-25(6)19-20-56(41)46(58)37(23(2)3)54-48(60)62-8/h10-18,21-24,31,36-38,41-43H,1,6-7,19-20H2,2-5,8-9H3,(H,50,52)(H,51,53)(H,54,60)(H,55,61)/t31?,36?,37-,38-,41-,42?,43-/m0/s1. The molecule has 4 aromatic carbocycles. The minimum absolute atomic E-state index is 0.0671. The zero-order valence-corrected chi connectivity index (χ0v) is 36.3. The summed E-state index contributed by atoms with van der Waals surface area (Å²) in [6, 6.07) is 18.2. The van der Waals surface area contributed by atoms with Gasteiger partial charge in [0.05, 0.1) is 36.3 Å². The van der Waals surface area contributed by atoms with Crippen molar-refractivity contribution in [3.05, 3.63) is 109 Å². The summed E-state index contributed by atoms with van der Waals surface area (Å²) in [5.41, 5.74) is 7.15. The predicted octanol–water partition coefficient (Wildman–Crippen LogP) is 8.24. The number of nitrogens with one attached hydrogen (secondary N) is 4. The Bertz CT molecular complexity index is 2910. The van der Waals surface area contributed by atoms with Gasteiger partial charge in [-0.3, -0.25) is 9.59 Å². The number of hydrogen-bond acceptors (Lipinski definition) is 8. The Morgan fingerprint density at radius 2 is 1.25 bits per heavy atom. The van der Waals surface area contributed by atoms with Crippen molar-refractivity contribution in [2.24, 2.45) is 23.7 Å². The zero-order chi connectivity index (χ0) is 44.6. The van der Waals surface area contributed by atoms with Crippen molar-refractivity contribution >= 4 is 67.6 Å². The van der Waals surface area contributed by atoms with Gasteiger partial charge in [0.25, 0.3) is 0 Å². The van der Waals surface area contributed by atoms with Gasteiger partial charge in [0, 0.05) is 35.2 Å². The lowest BCUT2D eigenvalue weighted by Crippen LogP contribution is -2.52. The highest BCUT2D eigenvalue weighted by Crippen LogP contribution is 2.61. The Morgan fingerprint density at radius 3 is 1.75 bits per heavy atom. The molecule has 0 bridgehead atoms. The monoisotopic (exact) mass is 848 g/mol. The van der Waals surface area contributed by atoms with Crippen LogP contribution < -0.4 is 10.6 Å². The molecule has 2 aliphatic heterocycles. The van der Waals surface area contributed by atoms with Crippen LogP contribution in [0.25, 0.3) is 54.7 Å². The molecule has 14 heteroatoms. The Morgan fingerprint density at radius 1 is 0.746 bits per heavy atom. The van der Waals surface area contributed by atoms with Crippen LogP contribution in [-0.2, 0) is 19.1 Å². The zero-order valence-electron chi connectivity index (χ0n) is 36.3. The molecule has 324 valence electrons. The molecule has 0 spiro atoms. The molecule has 7 atom stereocenters. The molecule has 3 fully saturated rings. The van der Waals surface area contributed by atoms with Gasteiger partial charge in [0.1, 0.15) is 35.8 Å². The molecule has 63 heavy (non-hydrogen) atoms. The van der Waals surface area contributed by atoms with E-state index in [1.807, 2.05) is 50.8 Å². The highest BCUT2D eigenvalue weighted by Gasteiger charge is 2.64. The van der Waals surface area contributed by atoms with Crippen LogP contribution in [0.5, 0.6) is 0 Å². The van der Waals surface area contributed by atoms with Crippen molar-refractivity contribution < 1.29 is 28.7 Å². The molecular weight excluding hydrogens is 797 g/mol. The van der Waals surface area contributed by atoms with Crippen molar-refractivity contribution in [2.75, 3.05) is 20.8 Å². The maximum Gasteiger partial charge on any atom is 0.407 e. The molecule has 4 amide bonds. The van der Waals surface area contributed by atoms with E-state index >= 15 is 0 Å². The Hall–Kier alpha value is -6.96. The minimum atomic E-state index is -0.790. The number of hydrogen-bond donors (Lipinski definition) is 4. The number of nitrogens with zero attached hydrogens (tertiary/aromatic N) is 4. The van der Waals surface area contributed by atoms with E-state index in [2.05, 4.69) is 88.9 Å². The molecular formula is C49H52N8O6. The molecule has 4 heterocycles. The summed E-state index contributed by atoms with van der Waals surface area (Å²) in [6.07, 6.45) is 1.20. The molecule has 14 nitrogen and oxygen atoms in total.